The summed E-state index contributed by atoms with van der Waals surface area (Å²) in [5.41, 5.74) is 4.90. The highest BCUT2D eigenvalue weighted by molar-refractivity contribution is 7.85. The normalized spacial score (nSPS) is 14.1. The van der Waals surface area contributed by atoms with Crippen molar-refractivity contribution in [1.82, 2.24) is 29.9 Å². The number of ether oxygens (including phenoxy) is 1. The number of piperazine rings is 1. The van der Waals surface area contributed by atoms with Crippen LogP contribution in [0, 0.1) is 0 Å². The second-order valence-electron chi connectivity index (χ2n) is 19.0. The van der Waals surface area contributed by atoms with E-state index in [0.29, 0.717) is 63.8 Å². The zero-order valence-corrected chi connectivity index (χ0v) is 45.1. The Kier molecular flexibility index (Phi) is 21.8. The smallest absolute Gasteiger partial charge is 0.254 e. The maximum absolute atomic E-state index is 14.5. The highest BCUT2D eigenvalue weighted by Gasteiger charge is 2.29. The van der Waals surface area contributed by atoms with Crippen molar-refractivity contribution in [2.45, 2.75) is 97.9 Å². The molecule has 1 saturated heterocycles. The van der Waals surface area contributed by atoms with Gasteiger partial charge in [-0.15, -0.1) is 0 Å². The van der Waals surface area contributed by atoms with Gasteiger partial charge in [-0.25, -0.2) is 13.0 Å². The molecule has 6 amide bonds. The monoisotopic (exact) mass is 1070 g/mol. The van der Waals surface area contributed by atoms with Crippen molar-refractivity contribution in [3.05, 3.63) is 83.7 Å². The zero-order chi connectivity index (χ0) is 54.8. The van der Waals surface area contributed by atoms with Crippen LogP contribution in [-0.2, 0) is 43.6 Å². The van der Waals surface area contributed by atoms with Crippen molar-refractivity contribution in [3.63, 3.8) is 0 Å². The fourth-order valence-corrected chi connectivity index (χ4v) is 10.4. The number of anilines is 1. The molecule has 0 radical (unpaired) electrons. The van der Waals surface area contributed by atoms with Crippen molar-refractivity contribution in [1.29, 1.82) is 0 Å². The van der Waals surface area contributed by atoms with E-state index in [-0.39, 0.29) is 87.9 Å². The van der Waals surface area contributed by atoms with E-state index in [4.69, 9.17) is 9.15 Å². The second kappa shape index (κ2) is 28.4. The van der Waals surface area contributed by atoms with Gasteiger partial charge in [-0.2, -0.15) is 0 Å². The van der Waals surface area contributed by atoms with Gasteiger partial charge in [-0.1, -0.05) is 31.0 Å². The van der Waals surface area contributed by atoms with Gasteiger partial charge in [0.25, 0.3) is 17.7 Å². The first-order valence-electron chi connectivity index (χ1n) is 26.7. The topological polar surface area (TPSA) is 239 Å². The molecule has 1 aliphatic carbocycles. The van der Waals surface area contributed by atoms with Gasteiger partial charge in [-0.3, -0.25) is 38.5 Å². The summed E-state index contributed by atoms with van der Waals surface area (Å²) in [6, 6.07) is 18.6. The molecular formula is C56H73N7O12S. The van der Waals surface area contributed by atoms with Crippen LogP contribution in [-0.4, -0.2) is 159 Å². The number of hydrogen-bond acceptors (Lipinski definition) is 13. The Labute approximate surface area is 445 Å². The van der Waals surface area contributed by atoms with E-state index in [1.165, 1.54) is 12.2 Å². The summed E-state index contributed by atoms with van der Waals surface area (Å²) in [4.78, 5) is 95.8. The summed E-state index contributed by atoms with van der Waals surface area (Å²) in [7, 11) is -4.85. The number of carbonyl (C=O) groups excluding carboxylic acids is 7. The minimum Gasteiger partial charge on any atom is -0.748 e. The Morgan fingerprint density at radius 2 is 1.39 bits per heavy atom. The van der Waals surface area contributed by atoms with Crippen molar-refractivity contribution in [2.24, 2.45) is 0 Å². The number of unbranched alkanes of at least 4 members (excludes halogenated alkanes) is 4. The molecule has 0 bridgehead atoms. The van der Waals surface area contributed by atoms with Crippen LogP contribution >= 0.6 is 0 Å². The molecule has 3 heterocycles. The highest BCUT2D eigenvalue weighted by Crippen LogP contribution is 2.42. The molecule has 1 fully saturated rings. The van der Waals surface area contributed by atoms with Crippen LogP contribution in [0.4, 0.5) is 5.69 Å². The molecule has 0 spiro atoms. The second-order valence-corrected chi connectivity index (χ2v) is 20.4. The number of nitrogens with one attached hydrogen (secondary N) is 2. The summed E-state index contributed by atoms with van der Waals surface area (Å²) in [6.45, 7) is 13.9. The standard InChI is InChI=1S/C56H73N7O12S/c1-5-59(6-2)40-23-25-44-48(37-40)75-49-38-41(60(7-3)8-4)24-26-45(49)55(44)42-17-13-14-18-43(42)56(70)62-32-30-61(31-33-62)52(67)22-16-15-21-51(66)58-46(39-76(71,72)73)47(64)19-11-9-10-12-20-50(65)57-29-35-74-36-34-63-53(68)27-28-54(63)69/h13-14,17-18,23-28,37-38,46H,5-12,15-16,19-22,29-36,39H2,1-4H3,(H2-,57,58,65,66,71,72,73). The number of carbonyl (C=O) groups is 7. The molecule has 1 unspecified atom stereocenters. The Bertz CT molecular complexity index is 2880. The van der Waals surface area contributed by atoms with E-state index >= 15 is 0 Å². The summed E-state index contributed by atoms with van der Waals surface area (Å²) in [5, 5.41) is 7.08. The van der Waals surface area contributed by atoms with Gasteiger partial charge in [0, 0.05) is 124 Å². The van der Waals surface area contributed by atoms with E-state index in [0.717, 1.165) is 75.5 Å². The van der Waals surface area contributed by atoms with Crippen molar-refractivity contribution in [2.75, 3.05) is 89.3 Å². The number of ketones is 1. The third-order valence-electron chi connectivity index (χ3n) is 13.9. The number of Topliss-reactive ketones (excluding diaryl/α,β-unsaturated/α-hetero) is 1. The molecular weight excluding hydrogens is 995 g/mol. The lowest BCUT2D eigenvalue weighted by Gasteiger charge is -2.35. The van der Waals surface area contributed by atoms with Crippen molar-refractivity contribution in [3.8, 4) is 22.5 Å². The minimum atomic E-state index is -4.85. The number of nitrogens with zero attached hydrogens (tertiary/aromatic N) is 5. The van der Waals surface area contributed by atoms with Crippen molar-refractivity contribution < 1.29 is 55.7 Å². The van der Waals surface area contributed by atoms with Gasteiger partial charge >= 0.3 is 0 Å². The van der Waals surface area contributed by atoms with Crippen LogP contribution in [0.5, 0.6) is 0 Å². The highest BCUT2D eigenvalue weighted by atomic mass is 32.2. The molecule has 410 valence electrons. The summed E-state index contributed by atoms with van der Waals surface area (Å²) >= 11 is 0. The van der Waals surface area contributed by atoms with Gasteiger partial charge < -0.3 is 39.0 Å². The van der Waals surface area contributed by atoms with Crippen LogP contribution < -0.4 is 25.5 Å². The first-order chi connectivity index (χ1) is 36.5. The number of benzene rings is 3. The van der Waals surface area contributed by atoms with Gasteiger partial charge in [0.2, 0.25) is 23.1 Å². The predicted octanol–water partition coefficient (Wildman–Crippen LogP) is 4.71. The molecule has 2 aromatic rings. The quantitative estimate of drug-likeness (QED) is 0.0247. The van der Waals surface area contributed by atoms with Crippen LogP contribution in [0.15, 0.2) is 77.2 Å². The summed E-state index contributed by atoms with van der Waals surface area (Å²) in [6.07, 6.45) is 5.33. The largest absolute Gasteiger partial charge is 0.748 e. The molecule has 19 nitrogen and oxygen atoms in total. The maximum atomic E-state index is 14.5. The van der Waals surface area contributed by atoms with E-state index in [9.17, 15) is 46.5 Å². The van der Waals surface area contributed by atoms with Gasteiger partial charge in [0.1, 0.15) is 30.5 Å². The molecule has 2 N–H and O–H groups in total. The molecule has 76 heavy (non-hydrogen) atoms. The Balaban J connectivity index is 0.941. The van der Waals surface area contributed by atoms with Crippen molar-refractivity contribution >= 4 is 68.0 Å². The lowest BCUT2D eigenvalue weighted by molar-refractivity contribution is -0.137. The predicted molar refractivity (Wildman–Crippen MR) is 288 cm³/mol. The zero-order valence-electron chi connectivity index (χ0n) is 44.3. The number of imide groups is 1. The summed E-state index contributed by atoms with van der Waals surface area (Å²) in [5.74, 6) is -2.76. The van der Waals surface area contributed by atoms with Crippen LogP contribution in [0.25, 0.3) is 33.4 Å². The minimum absolute atomic E-state index is 0.0667. The Morgan fingerprint density at radius 3 is 2.08 bits per heavy atom. The molecule has 0 aromatic heterocycles. The number of amides is 6. The average Bonchev–Trinajstić information content (AvgIpc) is 3.73. The number of fused-ring (bicyclic) bond motifs is 2. The number of hydrogen-bond donors (Lipinski definition) is 2. The molecule has 0 saturated carbocycles. The van der Waals surface area contributed by atoms with Crippen LogP contribution in [0.2, 0.25) is 0 Å². The Hall–Kier alpha value is -6.77. The lowest BCUT2D eigenvalue weighted by Crippen LogP contribution is -2.50. The molecule has 3 aliphatic heterocycles. The third kappa shape index (κ3) is 16.1. The van der Waals surface area contributed by atoms with Crippen LogP contribution in [0.1, 0.15) is 102 Å². The molecule has 6 rings (SSSR count). The van der Waals surface area contributed by atoms with Gasteiger partial charge in [0.05, 0.1) is 41.7 Å². The number of rotatable bonds is 29. The van der Waals surface area contributed by atoms with E-state index in [1.807, 2.05) is 24.3 Å². The molecule has 1 atom stereocenters. The molecule has 20 heteroatoms. The van der Waals surface area contributed by atoms with Gasteiger partial charge in [0.15, 0.2) is 5.78 Å². The first kappa shape index (κ1) is 58.5. The third-order valence-corrected chi connectivity index (χ3v) is 14.7. The maximum Gasteiger partial charge on any atom is 0.254 e. The molecule has 2 aromatic carbocycles. The van der Waals surface area contributed by atoms with E-state index in [1.54, 1.807) is 9.80 Å². The SMILES string of the molecule is CCN(CC)c1ccc2c(-c3ccccc3C(=O)N3CCN(C(=O)CCCCC(=O)NC(CS(=O)(=O)[O-])C(=O)CCCCCCC(=O)NCCOCCN4C(=O)C=CC4=O)CC3)c3ccc(=[N+](CC)CC)cc-3oc2c1. The average molecular weight is 1070 g/mol. The first-order valence-corrected chi connectivity index (χ1v) is 28.3. The fourth-order valence-electron chi connectivity index (χ4n) is 9.72. The van der Waals surface area contributed by atoms with E-state index < -0.39 is 33.6 Å². The van der Waals surface area contributed by atoms with E-state index in [2.05, 4.69) is 84.2 Å². The van der Waals surface area contributed by atoms with Gasteiger partial charge in [-0.05, 0) is 83.2 Å². The Morgan fingerprint density at radius 1 is 0.750 bits per heavy atom. The summed E-state index contributed by atoms with van der Waals surface area (Å²) < 4.78 is 49.3. The molecule has 4 aliphatic rings. The lowest BCUT2D eigenvalue weighted by atomic mass is 9.90. The fraction of sp³-hybridized carbons (Fsp3) is 0.500. The van der Waals surface area contributed by atoms with Crippen LogP contribution in [0.3, 0.4) is 0 Å².